The highest BCUT2D eigenvalue weighted by molar-refractivity contribution is 5.23. The minimum atomic E-state index is -0.212. The zero-order valence-corrected chi connectivity index (χ0v) is 9.87. The van der Waals surface area contributed by atoms with Crippen LogP contribution in [0.4, 0.5) is 0 Å². The number of rotatable bonds is 5. The molecule has 0 aliphatic rings. The molecular formula is C14H17NO2. The highest BCUT2D eigenvalue weighted by Gasteiger charge is 2.22. The average Bonchev–Trinajstić information content (AvgIpc) is 2.90. The van der Waals surface area contributed by atoms with Gasteiger partial charge in [-0.1, -0.05) is 30.3 Å². The van der Waals surface area contributed by atoms with Gasteiger partial charge in [-0.2, -0.15) is 0 Å². The number of nitrogens with two attached hydrogens (primary N) is 1. The van der Waals surface area contributed by atoms with Crippen molar-refractivity contribution in [2.45, 2.75) is 19.1 Å². The van der Waals surface area contributed by atoms with Crippen molar-refractivity contribution in [2.75, 3.05) is 6.61 Å². The molecule has 1 aromatic heterocycles. The largest absolute Gasteiger partial charge is 0.472 e. The summed E-state index contributed by atoms with van der Waals surface area (Å²) in [4.78, 5) is 0. The second-order valence-corrected chi connectivity index (χ2v) is 3.87. The summed E-state index contributed by atoms with van der Waals surface area (Å²) in [5.41, 5.74) is 8.25. The van der Waals surface area contributed by atoms with Crippen LogP contribution in [-0.2, 0) is 4.74 Å². The van der Waals surface area contributed by atoms with Crippen molar-refractivity contribution in [1.82, 2.24) is 0 Å². The SMILES string of the molecule is CCOC(c1ccccc1)C(N)c1ccoc1. The molecule has 0 saturated heterocycles. The van der Waals surface area contributed by atoms with Gasteiger partial charge < -0.3 is 14.9 Å². The van der Waals surface area contributed by atoms with Gasteiger partial charge in [-0.25, -0.2) is 0 Å². The first-order chi connectivity index (χ1) is 8.33. The summed E-state index contributed by atoms with van der Waals surface area (Å²) in [6.45, 7) is 2.60. The van der Waals surface area contributed by atoms with Crippen molar-refractivity contribution >= 4 is 0 Å². The van der Waals surface area contributed by atoms with Crippen LogP contribution in [0.5, 0.6) is 0 Å². The van der Waals surface area contributed by atoms with E-state index in [1.165, 1.54) is 0 Å². The van der Waals surface area contributed by atoms with Gasteiger partial charge in [0.25, 0.3) is 0 Å². The summed E-state index contributed by atoms with van der Waals surface area (Å²) in [5, 5.41) is 0. The third kappa shape index (κ3) is 2.75. The molecule has 0 spiro atoms. The summed E-state index contributed by atoms with van der Waals surface area (Å²) in [5.74, 6) is 0. The maximum absolute atomic E-state index is 6.22. The fraction of sp³-hybridized carbons (Fsp3) is 0.286. The topological polar surface area (TPSA) is 48.4 Å². The molecule has 0 amide bonds. The Balaban J connectivity index is 2.23. The van der Waals surface area contributed by atoms with Crippen LogP contribution in [0.2, 0.25) is 0 Å². The van der Waals surface area contributed by atoms with E-state index in [-0.39, 0.29) is 12.1 Å². The molecule has 0 fully saturated rings. The van der Waals surface area contributed by atoms with Gasteiger partial charge >= 0.3 is 0 Å². The molecule has 2 N–H and O–H groups in total. The Labute approximate surface area is 101 Å². The lowest BCUT2D eigenvalue weighted by Gasteiger charge is -2.23. The highest BCUT2D eigenvalue weighted by Crippen LogP contribution is 2.30. The standard InChI is InChI=1S/C14H17NO2/c1-2-17-14(11-6-4-3-5-7-11)13(15)12-8-9-16-10-12/h3-10,13-14H,2,15H2,1H3. The number of ether oxygens (including phenoxy) is 1. The summed E-state index contributed by atoms with van der Waals surface area (Å²) in [6.07, 6.45) is 3.15. The van der Waals surface area contributed by atoms with E-state index in [9.17, 15) is 0 Å². The lowest BCUT2D eigenvalue weighted by Crippen LogP contribution is -2.21. The van der Waals surface area contributed by atoms with E-state index in [2.05, 4.69) is 0 Å². The third-order valence-electron chi connectivity index (χ3n) is 2.73. The number of furan rings is 1. The molecule has 2 aromatic rings. The van der Waals surface area contributed by atoms with Gasteiger partial charge in [-0.3, -0.25) is 0 Å². The Bertz CT molecular complexity index is 425. The quantitative estimate of drug-likeness (QED) is 0.860. The van der Waals surface area contributed by atoms with Crippen molar-refractivity contribution in [2.24, 2.45) is 5.73 Å². The van der Waals surface area contributed by atoms with Gasteiger partial charge in [0.15, 0.2) is 0 Å². The molecule has 0 bridgehead atoms. The molecule has 0 saturated carbocycles. The molecule has 2 unspecified atom stereocenters. The first-order valence-electron chi connectivity index (χ1n) is 5.77. The maximum atomic E-state index is 6.22. The highest BCUT2D eigenvalue weighted by atomic mass is 16.5. The normalized spacial score (nSPS) is 14.5. The van der Waals surface area contributed by atoms with Crippen LogP contribution in [0.15, 0.2) is 53.3 Å². The second-order valence-electron chi connectivity index (χ2n) is 3.87. The average molecular weight is 231 g/mol. The Kier molecular flexibility index (Phi) is 3.96. The number of benzene rings is 1. The van der Waals surface area contributed by atoms with Crippen LogP contribution in [0.3, 0.4) is 0 Å². The molecule has 3 nitrogen and oxygen atoms in total. The summed E-state index contributed by atoms with van der Waals surface area (Å²) < 4.78 is 10.8. The third-order valence-corrected chi connectivity index (χ3v) is 2.73. The predicted molar refractivity (Wildman–Crippen MR) is 66.4 cm³/mol. The van der Waals surface area contributed by atoms with Crippen molar-refractivity contribution in [3.8, 4) is 0 Å². The fourth-order valence-electron chi connectivity index (χ4n) is 1.87. The van der Waals surface area contributed by atoms with Gasteiger partial charge in [0.1, 0.15) is 6.10 Å². The van der Waals surface area contributed by atoms with Crippen LogP contribution in [0.1, 0.15) is 30.2 Å². The minimum absolute atomic E-state index is 0.140. The summed E-state index contributed by atoms with van der Waals surface area (Å²) in [6, 6.07) is 11.7. The molecule has 0 radical (unpaired) electrons. The monoisotopic (exact) mass is 231 g/mol. The van der Waals surface area contributed by atoms with Gasteiger partial charge in [0, 0.05) is 12.2 Å². The molecule has 3 heteroatoms. The van der Waals surface area contributed by atoms with Crippen LogP contribution in [0, 0.1) is 0 Å². The van der Waals surface area contributed by atoms with E-state index in [4.69, 9.17) is 14.9 Å². The molecule has 90 valence electrons. The first-order valence-corrected chi connectivity index (χ1v) is 5.77. The predicted octanol–water partition coefficient (Wildman–Crippen LogP) is 3.06. The van der Waals surface area contributed by atoms with Gasteiger partial charge in [-0.05, 0) is 18.6 Å². The van der Waals surface area contributed by atoms with E-state index in [0.717, 1.165) is 11.1 Å². The first kappa shape index (κ1) is 11.9. The number of hydrogen-bond acceptors (Lipinski definition) is 3. The van der Waals surface area contributed by atoms with E-state index in [1.54, 1.807) is 12.5 Å². The molecule has 1 heterocycles. The Hall–Kier alpha value is -1.58. The van der Waals surface area contributed by atoms with E-state index < -0.39 is 0 Å². The van der Waals surface area contributed by atoms with E-state index in [1.807, 2.05) is 43.3 Å². The fourth-order valence-corrected chi connectivity index (χ4v) is 1.87. The van der Waals surface area contributed by atoms with Gasteiger partial charge in [0.2, 0.25) is 0 Å². The Morgan fingerprint density at radius 3 is 2.53 bits per heavy atom. The molecule has 0 aliphatic carbocycles. The van der Waals surface area contributed by atoms with Crippen molar-refractivity contribution in [3.63, 3.8) is 0 Å². The van der Waals surface area contributed by atoms with Gasteiger partial charge in [0.05, 0.1) is 18.6 Å². The van der Waals surface area contributed by atoms with Crippen molar-refractivity contribution in [1.29, 1.82) is 0 Å². The molecule has 2 rings (SSSR count). The molecule has 17 heavy (non-hydrogen) atoms. The second kappa shape index (κ2) is 5.66. The summed E-state index contributed by atoms with van der Waals surface area (Å²) in [7, 11) is 0. The van der Waals surface area contributed by atoms with Crippen LogP contribution < -0.4 is 5.73 Å². The molecular weight excluding hydrogens is 214 g/mol. The Morgan fingerprint density at radius 2 is 1.94 bits per heavy atom. The lowest BCUT2D eigenvalue weighted by molar-refractivity contribution is 0.0428. The van der Waals surface area contributed by atoms with Crippen molar-refractivity contribution < 1.29 is 9.15 Å². The van der Waals surface area contributed by atoms with Crippen LogP contribution in [0.25, 0.3) is 0 Å². The van der Waals surface area contributed by atoms with Crippen molar-refractivity contribution in [3.05, 3.63) is 60.1 Å². The lowest BCUT2D eigenvalue weighted by atomic mass is 9.98. The van der Waals surface area contributed by atoms with Crippen LogP contribution >= 0.6 is 0 Å². The number of hydrogen-bond donors (Lipinski definition) is 1. The summed E-state index contributed by atoms with van der Waals surface area (Å²) >= 11 is 0. The molecule has 1 aromatic carbocycles. The maximum Gasteiger partial charge on any atom is 0.102 e. The zero-order valence-electron chi connectivity index (χ0n) is 9.87. The van der Waals surface area contributed by atoms with E-state index >= 15 is 0 Å². The smallest absolute Gasteiger partial charge is 0.102 e. The van der Waals surface area contributed by atoms with Gasteiger partial charge in [-0.15, -0.1) is 0 Å². The zero-order chi connectivity index (χ0) is 12.1. The molecule has 0 aliphatic heterocycles. The van der Waals surface area contributed by atoms with Crippen LogP contribution in [-0.4, -0.2) is 6.61 Å². The minimum Gasteiger partial charge on any atom is -0.472 e. The molecule has 2 atom stereocenters. The Morgan fingerprint density at radius 1 is 1.18 bits per heavy atom. The van der Waals surface area contributed by atoms with E-state index in [0.29, 0.717) is 6.61 Å².